The van der Waals surface area contributed by atoms with Gasteiger partial charge in [-0.25, -0.2) is 9.37 Å². The molecule has 106 valence electrons. The maximum atomic E-state index is 13.2. The molecule has 20 heavy (non-hydrogen) atoms. The molecule has 0 amide bonds. The predicted molar refractivity (Wildman–Crippen MR) is 77.5 cm³/mol. The number of carboxylic acid groups (broad SMARTS) is 1. The van der Waals surface area contributed by atoms with Crippen molar-refractivity contribution in [3.8, 4) is 0 Å². The first-order chi connectivity index (χ1) is 9.29. The minimum absolute atomic E-state index is 0.273. The Hall–Kier alpha value is -1.66. The van der Waals surface area contributed by atoms with Crippen molar-refractivity contribution in [2.24, 2.45) is 0 Å². The van der Waals surface area contributed by atoms with Crippen molar-refractivity contribution in [1.29, 1.82) is 0 Å². The molecule has 7 heteroatoms. The van der Waals surface area contributed by atoms with Crippen LogP contribution in [0, 0.1) is 5.82 Å². The van der Waals surface area contributed by atoms with Crippen molar-refractivity contribution in [2.75, 3.05) is 5.32 Å². The summed E-state index contributed by atoms with van der Waals surface area (Å²) in [5, 5.41) is 14.5. The van der Waals surface area contributed by atoms with E-state index in [1.54, 1.807) is 25.3 Å². The van der Waals surface area contributed by atoms with Crippen LogP contribution in [-0.4, -0.2) is 16.1 Å². The number of carbonyl (C=O) groups is 1. The van der Waals surface area contributed by atoms with Crippen LogP contribution in [0.15, 0.2) is 23.6 Å². The second kappa shape index (κ2) is 5.38. The lowest BCUT2D eigenvalue weighted by molar-refractivity contribution is -0.142. The van der Waals surface area contributed by atoms with E-state index < -0.39 is 17.2 Å². The summed E-state index contributed by atoms with van der Waals surface area (Å²) in [5.41, 5.74) is -0.167. The number of rotatable bonds is 4. The van der Waals surface area contributed by atoms with Gasteiger partial charge in [0.05, 0.1) is 5.69 Å². The highest BCUT2D eigenvalue weighted by Gasteiger charge is 2.32. The van der Waals surface area contributed by atoms with E-state index in [2.05, 4.69) is 10.3 Å². The zero-order valence-corrected chi connectivity index (χ0v) is 12.3. The molecule has 2 aromatic rings. The zero-order chi connectivity index (χ0) is 14.9. The molecule has 0 saturated carbocycles. The molecule has 0 spiro atoms. The fourth-order valence-corrected chi connectivity index (χ4v) is 2.60. The number of carboxylic acids is 1. The van der Waals surface area contributed by atoms with Gasteiger partial charge < -0.3 is 10.4 Å². The molecule has 0 aliphatic carbocycles. The van der Waals surface area contributed by atoms with E-state index in [4.69, 9.17) is 16.7 Å². The molecule has 0 bridgehead atoms. The highest BCUT2D eigenvalue weighted by molar-refractivity contribution is 7.13. The quantitative estimate of drug-likeness (QED) is 0.894. The van der Waals surface area contributed by atoms with Crippen molar-refractivity contribution in [2.45, 2.75) is 19.3 Å². The Bertz CT molecular complexity index is 637. The molecule has 1 aromatic carbocycles. The summed E-state index contributed by atoms with van der Waals surface area (Å²) < 4.78 is 13.2. The number of nitrogens with zero attached hydrogens (tertiary/aromatic N) is 1. The summed E-state index contributed by atoms with van der Waals surface area (Å²) in [4.78, 5) is 15.4. The van der Waals surface area contributed by atoms with Crippen molar-refractivity contribution in [1.82, 2.24) is 4.98 Å². The predicted octanol–water partition coefficient (Wildman–Crippen LogP) is 4.04. The van der Waals surface area contributed by atoms with Gasteiger partial charge in [-0.1, -0.05) is 11.6 Å². The molecule has 0 fully saturated rings. The van der Waals surface area contributed by atoms with Crippen molar-refractivity contribution in [3.63, 3.8) is 0 Å². The van der Waals surface area contributed by atoms with Crippen LogP contribution < -0.4 is 5.32 Å². The van der Waals surface area contributed by atoms with Crippen LogP contribution in [-0.2, 0) is 10.2 Å². The maximum absolute atomic E-state index is 13.2. The van der Waals surface area contributed by atoms with Crippen LogP contribution in [0.4, 0.5) is 15.2 Å². The van der Waals surface area contributed by atoms with Gasteiger partial charge in [0.25, 0.3) is 0 Å². The second-order valence-corrected chi connectivity index (χ2v) is 6.05. The van der Waals surface area contributed by atoms with Gasteiger partial charge in [-0.05, 0) is 32.0 Å². The van der Waals surface area contributed by atoms with Gasteiger partial charge in [0, 0.05) is 16.1 Å². The van der Waals surface area contributed by atoms with Gasteiger partial charge in [-0.15, -0.1) is 11.3 Å². The smallest absolute Gasteiger partial charge is 0.315 e. The average Bonchev–Trinajstić information content (AvgIpc) is 2.76. The summed E-state index contributed by atoms with van der Waals surface area (Å²) in [6.07, 6.45) is 0. The Kier molecular flexibility index (Phi) is 3.96. The molecular weight excluding hydrogens is 303 g/mol. The molecule has 2 rings (SSSR count). The SMILES string of the molecule is CC(C)(C(=O)O)c1csc(Nc2cc(F)cc(Cl)c2)n1. The fraction of sp³-hybridized carbons (Fsp3) is 0.231. The molecule has 0 atom stereocenters. The second-order valence-electron chi connectivity index (χ2n) is 4.75. The summed E-state index contributed by atoms with van der Waals surface area (Å²) in [5.74, 6) is -1.41. The van der Waals surface area contributed by atoms with E-state index in [1.807, 2.05) is 0 Å². The Morgan fingerprint density at radius 2 is 2.15 bits per heavy atom. The third kappa shape index (κ3) is 3.08. The van der Waals surface area contributed by atoms with Gasteiger partial charge in [0.1, 0.15) is 11.2 Å². The Labute approximate surface area is 124 Å². The van der Waals surface area contributed by atoms with Crippen LogP contribution in [0.5, 0.6) is 0 Å². The number of benzene rings is 1. The largest absolute Gasteiger partial charge is 0.481 e. The third-order valence-electron chi connectivity index (χ3n) is 2.79. The monoisotopic (exact) mass is 314 g/mol. The lowest BCUT2D eigenvalue weighted by Gasteiger charge is -2.15. The first-order valence-electron chi connectivity index (χ1n) is 5.71. The number of hydrogen-bond donors (Lipinski definition) is 2. The van der Waals surface area contributed by atoms with Crippen LogP contribution in [0.25, 0.3) is 0 Å². The van der Waals surface area contributed by atoms with E-state index in [1.165, 1.54) is 23.5 Å². The van der Waals surface area contributed by atoms with Crippen LogP contribution >= 0.6 is 22.9 Å². The van der Waals surface area contributed by atoms with E-state index in [0.717, 1.165) is 0 Å². The molecular formula is C13H12ClFN2O2S. The van der Waals surface area contributed by atoms with Gasteiger partial charge >= 0.3 is 5.97 Å². The normalized spacial score (nSPS) is 11.4. The molecule has 1 aromatic heterocycles. The van der Waals surface area contributed by atoms with Crippen LogP contribution in [0.3, 0.4) is 0 Å². The Balaban J connectivity index is 2.24. The van der Waals surface area contributed by atoms with Crippen molar-refractivity contribution >= 4 is 39.7 Å². The average molecular weight is 315 g/mol. The highest BCUT2D eigenvalue weighted by atomic mass is 35.5. The standard InChI is InChI=1S/C13H12ClFN2O2S/c1-13(2,11(18)19)10-6-20-12(17-10)16-9-4-7(14)3-8(15)5-9/h3-6H,1-2H3,(H,16,17)(H,18,19). The summed E-state index contributed by atoms with van der Waals surface area (Å²) >= 11 is 7.01. The number of hydrogen-bond acceptors (Lipinski definition) is 4. The fourth-order valence-electron chi connectivity index (χ4n) is 1.48. The van der Waals surface area contributed by atoms with Gasteiger partial charge in [0.15, 0.2) is 5.13 Å². The van der Waals surface area contributed by atoms with E-state index in [9.17, 15) is 9.18 Å². The van der Waals surface area contributed by atoms with Crippen LogP contribution in [0.2, 0.25) is 5.02 Å². The summed E-state index contributed by atoms with van der Waals surface area (Å²) in [6.45, 7) is 3.15. The first-order valence-corrected chi connectivity index (χ1v) is 6.97. The maximum Gasteiger partial charge on any atom is 0.315 e. The third-order valence-corrected chi connectivity index (χ3v) is 3.77. The molecule has 0 saturated heterocycles. The number of nitrogens with one attached hydrogen (secondary N) is 1. The molecule has 1 heterocycles. The van der Waals surface area contributed by atoms with Gasteiger partial charge in [-0.2, -0.15) is 0 Å². The van der Waals surface area contributed by atoms with Gasteiger partial charge in [-0.3, -0.25) is 4.79 Å². The number of anilines is 2. The van der Waals surface area contributed by atoms with E-state index in [0.29, 0.717) is 16.5 Å². The number of halogens is 2. The Morgan fingerprint density at radius 1 is 1.45 bits per heavy atom. The van der Waals surface area contributed by atoms with E-state index in [-0.39, 0.29) is 5.02 Å². The summed E-state index contributed by atoms with van der Waals surface area (Å²) in [7, 11) is 0. The van der Waals surface area contributed by atoms with Crippen LogP contribution in [0.1, 0.15) is 19.5 Å². The van der Waals surface area contributed by atoms with Gasteiger partial charge in [0.2, 0.25) is 0 Å². The molecule has 0 unspecified atom stereocenters. The van der Waals surface area contributed by atoms with E-state index >= 15 is 0 Å². The number of aromatic nitrogens is 1. The molecule has 4 nitrogen and oxygen atoms in total. The minimum atomic E-state index is -1.07. The van der Waals surface area contributed by atoms with Crippen molar-refractivity contribution in [3.05, 3.63) is 40.1 Å². The Morgan fingerprint density at radius 3 is 2.75 bits per heavy atom. The first kappa shape index (κ1) is 14.7. The topological polar surface area (TPSA) is 62.2 Å². The molecule has 0 aliphatic heterocycles. The minimum Gasteiger partial charge on any atom is -0.481 e. The number of thiazole rings is 1. The zero-order valence-electron chi connectivity index (χ0n) is 10.8. The lowest BCUT2D eigenvalue weighted by Crippen LogP contribution is -2.28. The molecule has 2 N–H and O–H groups in total. The van der Waals surface area contributed by atoms with Crippen molar-refractivity contribution < 1.29 is 14.3 Å². The molecule has 0 aliphatic rings. The molecule has 0 radical (unpaired) electrons. The lowest BCUT2D eigenvalue weighted by atomic mass is 9.90. The number of aliphatic carboxylic acids is 1. The summed E-state index contributed by atoms with van der Waals surface area (Å²) in [6, 6.07) is 4.05. The highest BCUT2D eigenvalue weighted by Crippen LogP contribution is 2.29.